The van der Waals surface area contributed by atoms with Gasteiger partial charge in [0, 0.05) is 17.7 Å². The summed E-state index contributed by atoms with van der Waals surface area (Å²) in [5.74, 6) is 0. The highest BCUT2D eigenvalue weighted by Crippen LogP contribution is 2.09. The Bertz CT molecular complexity index is 297. The van der Waals surface area contributed by atoms with Crippen LogP contribution >= 0.6 is 15.9 Å². The van der Waals surface area contributed by atoms with E-state index in [0.717, 1.165) is 5.69 Å². The van der Waals surface area contributed by atoms with E-state index in [1.165, 1.54) is 0 Å². The normalized spacial score (nSPS) is 10.2. The van der Waals surface area contributed by atoms with Crippen molar-refractivity contribution in [3.05, 3.63) is 26.5 Å². The zero-order chi connectivity index (χ0) is 9.14. The summed E-state index contributed by atoms with van der Waals surface area (Å²) in [6, 6.07) is 1.78. The van der Waals surface area contributed by atoms with Gasteiger partial charge in [-0.2, -0.15) is 5.10 Å². The molecule has 0 spiro atoms. The molecule has 0 aromatic carbocycles. The fourth-order valence-corrected chi connectivity index (χ4v) is 1.41. The molecule has 12 heavy (non-hydrogen) atoms. The average molecular weight is 234 g/mol. The molecule has 0 bridgehead atoms. The van der Waals surface area contributed by atoms with Gasteiger partial charge in [0.25, 0.3) is 0 Å². The maximum absolute atomic E-state index is 10.1. The van der Waals surface area contributed by atoms with E-state index in [1.807, 2.05) is 0 Å². The van der Waals surface area contributed by atoms with Crippen molar-refractivity contribution in [1.82, 2.24) is 9.78 Å². The number of hydrogen-bond acceptors (Lipinski definition) is 3. The van der Waals surface area contributed by atoms with Gasteiger partial charge in [-0.15, -0.1) is 0 Å². The molecule has 1 heterocycles. The standard InChI is InChI=1S/C6H8BrN3O2/c1-9-5(2-3-10(11)12)4-6(7)8-9/h4H,2-3H2,1H3. The molecule has 5 nitrogen and oxygen atoms in total. The summed E-state index contributed by atoms with van der Waals surface area (Å²) < 4.78 is 2.34. The molecule has 0 aliphatic heterocycles. The summed E-state index contributed by atoms with van der Waals surface area (Å²) in [5, 5.41) is 14.1. The molecular formula is C6H8BrN3O2. The Balaban J connectivity index is 2.62. The van der Waals surface area contributed by atoms with Gasteiger partial charge in [0.05, 0.1) is 6.42 Å². The van der Waals surface area contributed by atoms with E-state index in [-0.39, 0.29) is 11.5 Å². The molecular weight excluding hydrogens is 226 g/mol. The molecule has 1 aromatic rings. The summed E-state index contributed by atoms with van der Waals surface area (Å²) in [6.07, 6.45) is 0.419. The molecule has 6 heteroatoms. The van der Waals surface area contributed by atoms with Crippen LogP contribution in [0.4, 0.5) is 0 Å². The van der Waals surface area contributed by atoms with Crippen LogP contribution in [0.5, 0.6) is 0 Å². The van der Waals surface area contributed by atoms with E-state index >= 15 is 0 Å². The Morgan fingerprint density at radius 1 is 1.83 bits per heavy atom. The van der Waals surface area contributed by atoms with Crippen LogP contribution in [0.2, 0.25) is 0 Å². The zero-order valence-corrected chi connectivity index (χ0v) is 8.11. The van der Waals surface area contributed by atoms with Gasteiger partial charge >= 0.3 is 0 Å². The lowest BCUT2D eigenvalue weighted by Crippen LogP contribution is -2.07. The number of aryl methyl sites for hydroxylation is 1. The molecule has 0 fully saturated rings. The molecule has 0 saturated heterocycles. The van der Waals surface area contributed by atoms with Gasteiger partial charge in [-0.1, -0.05) is 0 Å². The SMILES string of the molecule is Cn1nc(Br)cc1CC[N+](=O)[O-]. The first-order valence-electron chi connectivity index (χ1n) is 3.40. The fraction of sp³-hybridized carbons (Fsp3) is 0.500. The minimum absolute atomic E-state index is 0.0496. The van der Waals surface area contributed by atoms with Crippen LogP contribution in [-0.2, 0) is 13.5 Å². The zero-order valence-electron chi connectivity index (χ0n) is 6.53. The van der Waals surface area contributed by atoms with Crippen molar-refractivity contribution in [1.29, 1.82) is 0 Å². The van der Waals surface area contributed by atoms with Crippen molar-refractivity contribution in [3.8, 4) is 0 Å². The molecule has 0 N–H and O–H groups in total. The third-order valence-corrected chi connectivity index (χ3v) is 1.88. The second-order valence-electron chi connectivity index (χ2n) is 2.39. The quantitative estimate of drug-likeness (QED) is 0.579. The lowest BCUT2D eigenvalue weighted by Gasteiger charge is -1.95. The smallest absolute Gasteiger partial charge is 0.209 e. The minimum atomic E-state index is -0.332. The van der Waals surface area contributed by atoms with Crippen molar-refractivity contribution in [3.63, 3.8) is 0 Å². The van der Waals surface area contributed by atoms with Gasteiger partial charge in [0.2, 0.25) is 6.54 Å². The predicted molar refractivity (Wildman–Crippen MR) is 46.5 cm³/mol. The Labute approximate surface area is 77.7 Å². The number of halogens is 1. The average Bonchev–Trinajstić information content (AvgIpc) is 2.26. The summed E-state index contributed by atoms with van der Waals surface area (Å²) in [7, 11) is 1.76. The van der Waals surface area contributed by atoms with Crippen LogP contribution in [0.25, 0.3) is 0 Å². The van der Waals surface area contributed by atoms with Gasteiger partial charge < -0.3 is 0 Å². The van der Waals surface area contributed by atoms with Gasteiger partial charge in [-0.05, 0) is 22.0 Å². The first-order chi connectivity index (χ1) is 5.59. The van der Waals surface area contributed by atoms with Crippen molar-refractivity contribution in [2.45, 2.75) is 6.42 Å². The number of nitro groups is 1. The number of nitrogens with zero attached hydrogens (tertiary/aromatic N) is 3. The second-order valence-corrected chi connectivity index (χ2v) is 3.20. The highest BCUT2D eigenvalue weighted by Gasteiger charge is 2.05. The molecule has 66 valence electrons. The van der Waals surface area contributed by atoms with Crippen LogP contribution in [0.3, 0.4) is 0 Å². The molecule has 0 amide bonds. The largest absolute Gasteiger partial charge is 0.271 e. The van der Waals surface area contributed by atoms with E-state index in [9.17, 15) is 10.1 Å². The predicted octanol–water partition coefficient (Wildman–Crippen LogP) is 1.00. The molecule has 0 aliphatic carbocycles. The van der Waals surface area contributed by atoms with Gasteiger partial charge in [0.1, 0.15) is 4.60 Å². The van der Waals surface area contributed by atoms with Gasteiger partial charge in [0.15, 0.2) is 0 Å². The first kappa shape index (κ1) is 9.18. The number of aromatic nitrogens is 2. The van der Waals surface area contributed by atoms with Crippen LogP contribution in [0, 0.1) is 10.1 Å². The van der Waals surface area contributed by atoms with E-state index in [2.05, 4.69) is 21.0 Å². The topological polar surface area (TPSA) is 61.0 Å². The summed E-state index contributed by atoms with van der Waals surface area (Å²) in [5.41, 5.74) is 0.860. The third-order valence-electron chi connectivity index (χ3n) is 1.50. The van der Waals surface area contributed by atoms with Crippen molar-refractivity contribution in [2.75, 3.05) is 6.54 Å². The van der Waals surface area contributed by atoms with Crippen molar-refractivity contribution < 1.29 is 4.92 Å². The Hall–Kier alpha value is -0.910. The third kappa shape index (κ3) is 2.30. The Kier molecular flexibility index (Phi) is 2.80. The molecule has 1 aromatic heterocycles. The maximum Gasteiger partial charge on any atom is 0.209 e. The molecule has 0 radical (unpaired) electrons. The minimum Gasteiger partial charge on any atom is -0.271 e. The Morgan fingerprint density at radius 2 is 2.50 bits per heavy atom. The maximum atomic E-state index is 10.1. The highest BCUT2D eigenvalue weighted by atomic mass is 79.9. The van der Waals surface area contributed by atoms with Gasteiger partial charge in [-0.25, -0.2) is 0 Å². The van der Waals surface area contributed by atoms with Crippen LogP contribution in [-0.4, -0.2) is 21.2 Å². The Morgan fingerprint density at radius 3 is 2.92 bits per heavy atom. The fourth-order valence-electron chi connectivity index (χ4n) is 0.907. The van der Waals surface area contributed by atoms with E-state index < -0.39 is 0 Å². The van der Waals surface area contributed by atoms with Crippen molar-refractivity contribution in [2.24, 2.45) is 7.05 Å². The lowest BCUT2D eigenvalue weighted by atomic mass is 10.3. The molecule has 0 aliphatic rings. The van der Waals surface area contributed by atoms with Crippen LogP contribution < -0.4 is 0 Å². The monoisotopic (exact) mass is 233 g/mol. The van der Waals surface area contributed by atoms with E-state index in [0.29, 0.717) is 11.0 Å². The lowest BCUT2D eigenvalue weighted by molar-refractivity contribution is -0.479. The molecule has 0 atom stereocenters. The van der Waals surface area contributed by atoms with Gasteiger partial charge in [-0.3, -0.25) is 14.8 Å². The van der Waals surface area contributed by atoms with E-state index in [4.69, 9.17) is 0 Å². The first-order valence-corrected chi connectivity index (χ1v) is 4.19. The number of hydrogen-bond donors (Lipinski definition) is 0. The van der Waals surface area contributed by atoms with Crippen molar-refractivity contribution >= 4 is 15.9 Å². The summed E-state index contributed by atoms with van der Waals surface area (Å²) in [4.78, 5) is 9.72. The summed E-state index contributed by atoms with van der Waals surface area (Å²) in [6.45, 7) is -0.0496. The second kappa shape index (κ2) is 3.66. The molecule has 1 rings (SSSR count). The van der Waals surface area contributed by atoms with Crippen LogP contribution in [0.1, 0.15) is 5.69 Å². The molecule has 0 unspecified atom stereocenters. The van der Waals surface area contributed by atoms with Crippen LogP contribution in [0.15, 0.2) is 10.7 Å². The highest BCUT2D eigenvalue weighted by molar-refractivity contribution is 9.10. The molecule has 0 saturated carbocycles. The van der Waals surface area contributed by atoms with E-state index in [1.54, 1.807) is 17.8 Å². The summed E-state index contributed by atoms with van der Waals surface area (Å²) >= 11 is 3.19. The number of rotatable bonds is 3.